The number of hydrogen-bond donors (Lipinski definition) is 2. The largest absolute Gasteiger partial charge is 0.464 e. The molecule has 0 aliphatic rings. The first-order valence-electron chi connectivity index (χ1n) is 7.46. The van der Waals surface area contributed by atoms with Crippen LogP contribution in [0.5, 0.6) is 0 Å². The Morgan fingerprint density at radius 2 is 2.32 bits per heavy atom. The summed E-state index contributed by atoms with van der Waals surface area (Å²) in [6, 6.07) is 10.6. The van der Waals surface area contributed by atoms with Crippen LogP contribution in [0.2, 0.25) is 0 Å². The van der Waals surface area contributed by atoms with Crippen molar-refractivity contribution < 1.29 is 14.3 Å². The van der Waals surface area contributed by atoms with E-state index in [9.17, 15) is 9.90 Å². The number of furan rings is 1. The molecule has 126 valence electrons. The smallest absolute Gasteiger partial charge is 0.260 e. The number of benzene rings is 1. The van der Waals surface area contributed by atoms with Gasteiger partial charge in [0, 0.05) is 23.5 Å². The Kier molecular flexibility index (Phi) is 4.88. The van der Waals surface area contributed by atoms with Gasteiger partial charge in [0.25, 0.3) is 5.91 Å². The highest BCUT2D eigenvalue weighted by Crippen LogP contribution is 2.24. The predicted molar refractivity (Wildman–Crippen MR) is 92.1 cm³/mol. The van der Waals surface area contributed by atoms with E-state index in [1.807, 2.05) is 0 Å². The fourth-order valence-electron chi connectivity index (χ4n) is 2.17. The van der Waals surface area contributed by atoms with E-state index in [-0.39, 0.29) is 5.91 Å². The lowest BCUT2D eigenvalue weighted by Gasteiger charge is -1.98. The first-order chi connectivity index (χ1) is 12.0. The Morgan fingerprint density at radius 1 is 1.48 bits per heavy atom. The third kappa shape index (κ3) is 4.09. The van der Waals surface area contributed by atoms with Crippen molar-refractivity contribution in [2.75, 3.05) is 5.32 Å². The van der Waals surface area contributed by atoms with Gasteiger partial charge in [-0.25, -0.2) is 4.98 Å². The molecule has 0 aliphatic carbocycles. The molecule has 1 atom stereocenters. The van der Waals surface area contributed by atoms with Crippen molar-refractivity contribution in [3.8, 4) is 17.4 Å². The lowest BCUT2D eigenvalue weighted by Crippen LogP contribution is -2.11. The van der Waals surface area contributed by atoms with Crippen LogP contribution < -0.4 is 5.32 Å². The summed E-state index contributed by atoms with van der Waals surface area (Å²) in [6.45, 7) is 1.65. The normalized spacial score (nSPS) is 11.7. The average Bonchev–Trinajstić information content (AvgIpc) is 3.24. The van der Waals surface area contributed by atoms with E-state index in [0.717, 1.165) is 11.5 Å². The van der Waals surface area contributed by atoms with Crippen molar-refractivity contribution in [1.29, 1.82) is 5.26 Å². The number of aliphatic hydroxyl groups excluding tert-OH is 1. The number of aromatic nitrogens is 2. The van der Waals surface area contributed by atoms with Gasteiger partial charge < -0.3 is 9.52 Å². The zero-order valence-electron chi connectivity index (χ0n) is 13.3. The van der Waals surface area contributed by atoms with Gasteiger partial charge in [0.1, 0.15) is 17.8 Å². The van der Waals surface area contributed by atoms with E-state index in [1.165, 1.54) is 6.26 Å². The second-order valence-electron chi connectivity index (χ2n) is 5.42. The molecule has 0 radical (unpaired) electrons. The van der Waals surface area contributed by atoms with Crippen LogP contribution in [0.25, 0.3) is 11.3 Å². The summed E-state index contributed by atoms with van der Waals surface area (Å²) >= 11 is 1.05. The van der Waals surface area contributed by atoms with Crippen molar-refractivity contribution in [2.24, 2.45) is 0 Å². The van der Waals surface area contributed by atoms with Crippen LogP contribution in [0.1, 0.15) is 28.7 Å². The van der Waals surface area contributed by atoms with Crippen molar-refractivity contribution in [3.05, 3.63) is 53.5 Å². The van der Waals surface area contributed by atoms with Crippen molar-refractivity contribution in [2.45, 2.75) is 19.4 Å². The number of carbonyl (C=O) groups is 1. The standard InChI is InChI=1S/C17H14N4O3S/c1-10(22)5-15-19-17(25-21-15)20-16(23)13-7-14(24-9-13)12-4-2-3-11(6-12)8-18/h2-4,6-7,9-10,22H,5H2,1H3,(H,19,20,21,23). The highest BCUT2D eigenvalue weighted by molar-refractivity contribution is 7.09. The van der Waals surface area contributed by atoms with Gasteiger partial charge in [-0.05, 0) is 25.1 Å². The van der Waals surface area contributed by atoms with E-state index >= 15 is 0 Å². The second kappa shape index (κ2) is 7.25. The second-order valence-corrected chi connectivity index (χ2v) is 6.17. The number of amides is 1. The molecule has 0 fully saturated rings. The van der Waals surface area contributed by atoms with Gasteiger partial charge in [-0.2, -0.15) is 9.64 Å². The van der Waals surface area contributed by atoms with E-state index < -0.39 is 6.10 Å². The van der Waals surface area contributed by atoms with Gasteiger partial charge in [0.15, 0.2) is 0 Å². The van der Waals surface area contributed by atoms with Gasteiger partial charge in [-0.15, -0.1) is 0 Å². The summed E-state index contributed by atoms with van der Waals surface area (Å²) in [6.07, 6.45) is 1.14. The van der Waals surface area contributed by atoms with Gasteiger partial charge in [0.2, 0.25) is 5.13 Å². The van der Waals surface area contributed by atoms with Crippen molar-refractivity contribution in [3.63, 3.8) is 0 Å². The minimum atomic E-state index is -0.543. The average molecular weight is 354 g/mol. The molecule has 2 aromatic heterocycles. The molecule has 0 aliphatic heterocycles. The Bertz CT molecular complexity index is 939. The van der Waals surface area contributed by atoms with E-state index in [2.05, 4.69) is 20.7 Å². The molecular weight excluding hydrogens is 340 g/mol. The Balaban J connectivity index is 1.72. The first-order valence-corrected chi connectivity index (χ1v) is 8.23. The summed E-state index contributed by atoms with van der Waals surface area (Å²) < 4.78 is 9.51. The SMILES string of the molecule is CC(O)Cc1nsc(NC(=O)c2coc(-c3cccc(C#N)c3)c2)n1. The molecule has 7 nitrogen and oxygen atoms in total. The number of rotatable bonds is 5. The number of nitriles is 1. The first kappa shape index (κ1) is 16.8. The predicted octanol–water partition coefficient (Wildman–Crippen LogP) is 2.85. The summed E-state index contributed by atoms with van der Waals surface area (Å²) in [5, 5.41) is 21.3. The molecule has 3 rings (SSSR count). The number of nitrogens with zero attached hydrogens (tertiary/aromatic N) is 3. The molecule has 2 heterocycles. The lowest BCUT2D eigenvalue weighted by molar-refractivity contribution is 0.102. The molecule has 1 aromatic carbocycles. The highest BCUT2D eigenvalue weighted by atomic mass is 32.1. The van der Waals surface area contributed by atoms with Gasteiger partial charge >= 0.3 is 0 Å². The molecule has 0 bridgehead atoms. The zero-order valence-corrected chi connectivity index (χ0v) is 14.1. The molecule has 1 unspecified atom stereocenters. The summed E-state index contributed by atoms with van der Waals surface area (Å²) in [5.41, 5.74) is 1.57. The maximum absolute atomic E-state index is 12.3. The maximum atomic E-state index is 12.3. The summed E-state index contributed by atoms with van der Waals surface area (Å²) in [7, 11) is 0. The van der Waals surface area contributed by atoms with Gasteiger partial charge in [-0.1, -0.05) is 12.1 Å². The molecule has 3 aromatic rings. The van der Waals surface area contributed by atoms with Crippen LogP contribution in [-0.2, 0) is 6.42 Å². The number of carbonyl (C=O) groups excluding carboxylic acids is 1. The fourth-order valence-corrected chi connectivity index (χ4v) is 2.76. The minimum absolute atomic E-state index is 0.331. The van der Waals surface area contributed by atoms with Crippen molar-refractivity contribution >= 4 is 22.6 Å². The molecule has 0 saturated heterocycles. The molecule has 8 heteroatoms. The molecule has 25 heavy (non-hydrogen) atoms. The van der Waals surface area contributed by atoms with E-state index in [1.54, 1.807) is 37.3 Å². The van der Waals surface area contributed by atoms with E-state index in [0.29, 0.717) is 39.8 Å². The van der Waals surface area contributed by atoms with Crippen LogP contribution in [0.3, 0.4) is 0 Å². The summed E-state index contributed by atoms with van der Waals surface area (Å²) in [4.78, 5) is 16.4. The Morgan fingerprint density at radius 3 is 3.08 bits per heavy atom. The Hall–Kier alpha value is -3.02. The topological polar surface area (TPSA) is 112 Å². The quantitative estimate of drug-likeness (QED) is 0.728. The minimum Gasteiger partial charge on any atom is -0.464 e. The fraction of sp³-hybridized carbons (Fsp3) is 0.176. The number of anilines is 1. The van der Waals surface area contributed by atoms with Crippen LogP contribution in [0, 0.1) is 11.3 Å². The highest BCUT2D eigenvalue weighted by Gasteiger charge is 2.14. The van der Waals surface area contributed by atoms with Gasteiger partial charge in [0.05, 0.1) is 23.3 Å². The van der Waals surface area contributed by atoms with E-state index in [4.69, 9.17) is 9.68 Å². The van der Waals surface area contributed by atoms with Crippen LogP contribution in [0.4, 0.5) is 5.13 Å². The summed E-state index contributed by atoms with van der Waals surface area (Å²) in [5.74, 6) is 0.608. The lowest BCUT2D eigenvalue weighted by atomic mass is 10.1. The molecular formula is C17H14N4O3S. The van der Waals surface area contributed by atoms with Gasteiger partial charge in [-0.3, -0.25) is 10.1 Å². The molecule has 0 saturated carbocycles. The van der Waals surface area contributed by atoms with Crippen LogP contribution in [-0.4, -0.2) is 26.5 Å². The maximum Gasteiger partial charge on any atom is 0.260 e. The molecule has 2 N–H and O–H groups in total. The van der Waals surface area contributed by atoms with Crippen molar-refractivity contribution in [1.82, 2.24) is 9.36 Å². The molecule has 0 spiro atoms. The third-order valence-electron chi connectivity index (χ3n) is 3.30. The van der Waals surface area contributed by atoms with Crippen LogP contribution in [0.15, 0.2) is 41.0 Å². The zero-order chi connectivity index (χ0) is 17.8. The monoisotopic (exact) mass is 354 g/mol. The number of hydrogen-bond acceptors (Lipinski definition) is 7. The molecule has 1 amide bonds. The number of nitrogens with one attached hydrogen (secondary N) is 1. The van der Waals surface area contributed by atoms with Crippen LogP contribution >= 0.6 is 11.5 Å². The number of aliphatic hydroxyl groups is 1. The third-order valence-corrected chi connectivity index (χ3v) is 3.97. The Labute approximate surface area is 147 Å².